The summed E-state index contributed by atoms with van der Waals surface area (Å²) in [5.41, 5.74) is 2.16. The Hall–Kier alpha value is -4.21. The van der Waals surface area contributed by atoms with Crippen LogP contribution in [0.3, 0.4) is 0 Å². The summed E-state index contributed by atoms with van der Waals surface area (Å²) in [7, 11) is 0. The van der Waals surface area contributed by atoms with Gasteiger partial charge in [-0.3, -0.25) is 19.4 Å². The molecule has 1 aromatic heterocycles. The fourth-order valence-corrected chi connectivity index (χ4v) is 4.21. The number of aliphatic hydroxyl groups is 1. The highest BCUT2D eigenvalue weighted by Crippen LogP contribution is 2.29. The summed E-state index contributed by atoms with van der Waals surface area (Å²) in [5.74, 6) is -1.14. The van der Waals surface area contributed by atoms with Crippen molar-refractivity contribution in [3.8, 4) is 0 Å². The molecule has 208 valence electrons. The SMILES string of the molecule is C[C@H](NCC(O)c1ccccc1)C(=O)NC1N=C(c2ccccn2)c2ccccc2N(CC(=O)C(C)(C)C)C1=O. The predicted octanol–water partition coefficient (Wildman–Crippen LogP) is 3.03. The van der Waals surface area contributed by atoms with Crippen molar-refractivity contribution in [1.29, 1.82) is 0 Å². The number of rotatable bonds is 9. The highest BCUT2D eigenvalue weighted by molar-refractivity contribution is 6.20. The molecule has 2 heterocycles. The summed E-state index contributed by atoms with van der Waals surface area (Å²) in [6.07, 6.45) is -0.475. The van der Waals surface area contributed by atoms with Crippen LogP contribution in [0.5, 0.6) is 0 Å². The highest BCUT2D eigenvalue weighted by Gasteiger charge is 2.36. The molecule has 40 heavy (non-hydrogen) atoms. The topological polar surface area (TPSA) is 124 Å². The second-order valence-corrected chi connectivity index (χ2v) is 10.8. The van der Waals surface area contributed by atoms with Crippen LogP contribution in [0.1, 0.15) is 50.6 Å². The number of ketones is 1. The highest BCUT2D eigenvalue weighted by atomic mass is 16.3. The van der Waals surface area contributed by atoms with Gasteiger partial charge in [0, 0.05) is 23.7 Å². The minimum atomic E-state index is -1.30. The molecule has 0 saturated heterocycles. The van der Waals surface area contributed by atoms with Gasteiger partial charge in [-0.25, -0.2) is 4.99 Å². The minimum absolute atomic E-state index is 0.132. The number of carbonyl (C=O) groups is 3. The summed E-state index contributed by atoms with van der Waals surface area (Å²) in [6, 6.07) is 21.0. The van der Waals surface area contributed by atoms with E-state index in [1.165, 1.54) is 4.90 Å². The van der Waals surface area contributed by atoms with E-state index in [4.69, 9.17) is 4.99 Å². The van der Waals surface area contributed by atoms with E-state index in [0.717, 1.165) is 5.56 Å². The molecule has 0 bridgehead atoms. The van der Waals surface area contributed by atoms with Crippen molar-refractivity contribution in [2.75, 3.05) is 18.0 Å². The summed E-state index contributed by atoms with van der Waals surface area (Å²) in [6.45, 7) is 7.01. The molecule has 1 aliphatic rings. The number of amides is 2. The summed E-state index contributed by atoms with van der Waals surface area (Å²) in [5, 5.41) is 16.3. The van der Waals surface area contributed by atoms with Crippen molar-refractivity contribution >= 4 is 29.0 Å². The van der Waals surface area contributed by atoms with Crippen molar-refractivity contribution in [3.63, 3.8) is 0 Å². The Balaban J connectivity index is 1.63. The molecule has 0 fully saturated rings. The van der Waals surface area contributed by atoms with Crippen LogP contribution in [-0.4, -0.2) is 58.7 Å². The molecular weight excluding hydrogens is 506 g/mol. The van der Waals surface area contributed by atoms with E-state index in [9.17, 15) is 19.5 Å². The van der Waals surface area contributed by atoms with Crippen molar-refractivity contribution in [3.05, 3.63) is 95.8 Å². The Labute approximate surface area is 234 Å². The smallest absolute Gasteiger partial charge is 0.272 e. The summed E-state index contributed by atoms with van der Waals surface area (Å²) < 4.78 is 0. The first-order valence-electron chi connectivity index (χ1n) is 13.3. The third-order valence-corrected chi connectivity index (χ3v) is 6.73. The number of fused-ring (bicyclic) bond motifs is 1. The number of carbonyl (C=O) groups excluding carboxylic acids is 3. The van der Waals surface area contributed by atoms with Crippen LogP contribution < -0.4 is 15.5 Å². The first-order chi connectivity index (χ1) is 19.1. The fourth-order valence-electron chi connectivity index (χ4n) is 4.21. The van der Waals surface area contributed by atoms with Crippen LogP contribution >= 0.6 is 0 Å². The lowest BCUT2D eigenvalue weighted by atomic mass is 9.90. The van der Waals surface area contributed by atoms with Crippen molar-refractivity contribution in [1.82, 2.24) is 15.6 Å². The third kappa shape index (κ3) is 6.67. The van der Waals surface area contributed by atoms with E-state index in [2.05, 4.69) is 15.6 Å². The number of aliphatic hydroxyl groups excluding tert-OH is 1. The van der Waals surface area contributed by atoms with Gasteiger partial charge in [0.25, 0.3) is 5.91 Å². The van der Waals surface area contributed by atoms with Gasteiger partial charge in [-0.1, -0.05) is 75.4 Å². The molecule has 2 amide bonds. The average molecular weight is 542 g/mol. The Morgan fingerprint density at radius 2 is 1.68 bits per heavy atom. The van der Waals surface area contributed by atoms with Gasteiger partial charge in [-0.2, -0.15) is 0 Å². The molecule has 4 rings (SSSR count). The van der Waals surface area contributed by atoms with Gasteiger partial charge in [0.2, 0.25) is 12.1 Å². The van der Waals surface area contributed by atoms with Crippen LogP contribution in [0.15, 0.2) is 84.0 Å². The first-order valence-corrected chi connectivity index (χ1v) is 13.3. The number of hydrogen-bond acceptors (Lipinski definition) is 7. The quantitative estimate of drug-likeness (QED) is 0.383. The molecule has 9 nitrogen and oxygen atoms in total. The number of aliphatic imine (C=N–C) groups is 1. The number of nitrogens with zero attached hydrogens (tertiary/aromatic N) is 3. The number of anilines is 1. The lowest BCUT2D eigenvalue weighted by Crippen LogP contribution is -2.53. The molecule has 0 saturated carbocycles. The van der Waals surface area contributed by atoms with Gasteiger partial charge in [0.05, 0.1) is 35.8 Å². The monoisotopic (exact) mass is 541 g/mol. The molecule has 2 unspecified atom stereocenters. The van der Waals surface area contributed by atoms with E-state index >= 15 is 0 Å². The standard InChI is InChI=1S/C31H35N5O4/c1-20(33-18-25(37)21-12-6-5-7-13-21)29(39)35-28-30(40)36(19-26(38)31(2,3)4)24-16-9-8-14-22(24)27(34-28)23-15-10-11-17-32-23/h5-17,20,25,28,33,37H,18-19H2,1-4H3,(H,35,39)/t20-,25?,28?/m0/s1. The predicted molar refractivity (Wildman–Crippen MR) is 154 cm³/mol. The molecule has 3 aromatic rings. The number of pyridine rings is 1. The van der Waals surface area contributed by atoms with E-state index < -0.39 is 35.5 Å². The maximum Gasteiger partial charge on any atom is 0.272 e. The molecule has 2 aromatic carbocycles. The van der Waals surface area contributed by atoms with Crippen molar-refractivity contribution in [2.45, 2.75) is 46.0 Å². The molecule has 0 spiro atoms. The normalized spacial score (nSPS) is 16.8. The molecular formula is C31H35N5O4. The maximum absolute atomic E-state index is 13.9. The molecule has 0 aliphatic carbocycles. The number of Topliss-reactive ketones (excluding diaryl/α,β-unsaturated/α-hetero) is 1. The van der Waals surface area contributed by atoms with Gasteiger partial charge in [-0.15, -0.1) is 0 Å². The maximum atomic E-state index is 13.9. The van der Waals surface area contributed by atoms with Gasteiger partial charge >= 0.3 is 0 Å². The van der Waals surface area contributed by atoms with Crippen LogP contribution in [0.25, 0.3) is 0 Å². The van der Waals surface area contributed by atoms with E-state index in [-0.39, 0.29) is 18.9 Å². The van der Waals surface area contributed by atoms with Gasteiger partial charge in [0.15, 0.2) is 5.78 Å². The Morgan fingerprint density at radius 1 is 1.00 bits per heavy atom. The number of aromatic nitrogens is 1. The first kappa shape index (κ1) is 28.8. The number of hydrogen-bond donors (Lipinski definition) is 3. The number of nitrogens with one attached hydrogen (secondary N) is 2. The van der Waals surface area contributed by atoms with Crippen molar-refractivity contribution in [2.24, 2.45) is 10.4 Å². The Kier molecular flexibility index (Phi) is 8.86. The second kappa shape index (κ2) is 12.3. The Bertz CT molecular complexity index is 1390. The molecule has 0 radical (unpaired) electrons. The number of para-hydroxylation sites is 1. The molecule has 3 N–H and O–H groups in total. The van der Waals surface area contributed by atoms with Crippen molar-refractivity contribution < 1.29 is 19.5 Å². The lowest BCUT2D eigenvalue weighted by molar-refractivity contribution is -0.130. The fraction of sp³-hybridized carbons (Fsp3) is 0.323. The van der Waals surface area contributed by atoms with Gasteiger partial charge < -0.3 is 20.6 Å². The van der Waals surface area contributed by atoms with Gasteiger partial charge in [-0.05, 0) is 30.7 Å². The zero-order valence-electron chi connectivity index (χ0n) is 23.2. The summed E-state index contributed by atoms with van der Waals surface area (Å²) in [4.78, 5) is 50.8. The third-order valence-electron chi connectivity index (χ3n) is 6.73. The van der Waals surface area contributed by atoms with Gasteiger partial charge in [0.1, 0.15) is 0 Å². The van der Waals surface area contributed by atoms with E-state index in [1.807, 2.05) is 36.4 Å². The zero-order chi connectivity index (χ0) is 28.9. The van der Waals surface area contributed by atoms with E-state index in [0.29, 0.717) is 22.7 Å². The largest absolute Gasteiger partial charge is 0.387 e. The van der Waals surface area contributed by atoms with E-state index in [1.54, 1.807) is 70.3 Å². The van der Waals surface area contributed by atoms with Crippen LogP contribution in [0.4, 0.5) is 5.69 Å². The van der Waals surface area contributed by atoms with Crippen LogP contribution in [-0.2, 0) is 14.4 Å². The molecule has 9 heteroatoms. The van der Waals surface area contributed by atoms with Crippen LogP contribution in [0.2, 0.25) is 0 Å². The summed E-state index contributed by atoms with van der Waals surface area (Å²) >= 11 is 0. The number of benzene rings is 2. The lowest BCUT2D eigenvalue weighted by Gasteiger charge is -2.28. The molecule has 1 aliphatic heterocycles. The minimum Gasteiger partial charge on any atom is -0.387 e. The average Bonchev–Trinajstić information content (AvgIpc) is 3.06. The number of benzodiazepines with no additional fused rings is 1. The zero-order valence-corrected chi connectivity index (χ0v) is 23.2. The second-order valence-electron chi connectivity index (χ2n) is 10.8. The van der Waals surface area contributed by atoms with Crippen LogP contribution in [0, 0.1) is 5.41 Å². The molecule has 3 atom stereocenters. The Morgan fingerprint density at radius 3 is 2.35 bits per heavy atom.